The molecular weight excluding hydrogens is 298 g/mol. The lowest BCUT2D eigenvalue weighted by Gasteiger charge is -2.37. The molecule has 2 amide bonds. The number of piperazine rings is 1. The number of alkyl carbamates (subject to hydrolysis) is 1. The minimum atomic E-state index is -0.535. The Morgan fingerprint density at radius 1 is 1.48 bits per heavy atom. The van der Waals surface area contributed by atoms with Crippen LogP contribution in [0.5, 0.6) is 0 Å². The molecule has 1 aliphatic rings. The summed E-state index contributed by atoms with van der Waals surface area (Å²) >= 11 is 0. The predicted octanol–water partition coefficient (Wildman–Crippen LogP) is 1.13. The van der Waals surface area contributed by atoms with E-state index >= 15 is 0 Å². The molecule has 7 nitrogen and oxygen atoms in total. The topological polar surface area (TPSA) is 79.9 Å². The minimum Gasteiger partial charge on any atom is -0.444 e. The molecule has 0 bridgehead atoms. The van der Waals surface area contributed by atoms with E-state index in [4.69, 9.17) is 9.47 Å². The molecule has 0 saturated carbocycles. The maximum atomic E-state index is 12.0. The Hall–Kier alpha value is -1.34. The Kier molecular flexibility index (Phi) is 7.78. The molecule has 2 atom stereocenters. The molecule has 23 heavy (non-hydrogen) atoms. The second-order valence-corrected chi connectivity index (χ2v) is 6.83. The Balaban J connectivity index is 2.65. The first-order valence-corrected chi connectivity index (χ1v) is 8.27. The number of hydrogen-bond acceptors (Lipinski definition) is 5. The molecule has 1 aliphatic heterocycles. The molecule has 0 radical (unpaired) electrons. The van der Waals surface area contributed by atoms with E-state index in [0.717, 1.165) is 13.0 Å². The fourth-order valence-corrected chi connectivity index (χ4v) is 2.65. The van der Waals surface area contributed by atoms with Crippen LogP contribution in [0, 0.1) is 0 Å². The van der Waals surface area contributed by atoms with Crippen molar-refractivity contribution in [3.05, 3.63) is 0 Å². The van der Waals surface area contributed by atoms with Gasteiger partial charge in [0.2, 0.25) is 5.91 Å². The molecule has 0 unspecified atom stereocenters. The zero-order valence-electron chi connectivity index (χ0n) is 15.0. The summed E-state index contributed by atoms with van der Waals surface area (Å²) in [5, 5.41) is 5.78. The van der Waals surface area contributed by atoms with Crippen LogP contribution < -0.4 is 10.6 Å². The van der Waals surface area contributed by atoms with Gasteiger partial charge in [-0.2, -0.15) is 0 Å². The van der Waals surface area contributed by atoms with Gasteiger partial charge in [-0.25, -0.2) is 4.79 Å². The van der Waals surface area contributed by atoms with Crippen LogP contribution in [-0.2, 0) is 14.3 Å². The highest BCUT2D eigenvalue weighted by Gasteiger charge is 2.30. The van der Waals surface area contributed by atoms with Gasteiger partial charge in [0.25, 0.3) is 0 Å². The van der Waals surface area contributed by atoms with E-state index in [2.05, 4.69) is 15.5 Å². The zero-order valence-corrected chi connectivity index (χ0v) is 15.0. The average Bonchev–Trinajstić information content (AvgIpc) is 2.43. The first-order valence-electron chi connectivity index (χ1n) is 8.27. The minimum absolute atomic E-state index is 0.0570. The van der Waals surface area contributed by atoms with Gasteiger partial charge in [0.1, 0.15) is 5.60 Å². The van der Waals surface area contributed by atoms with Crippen molar-refractivity contribution in [2.45, 2.75) is 58.2 Å². The normalized spacial score (nSPS) is 20.7. The molecule has 2 N–H and O–H groups in total. The molecule has 0 aromatic carbocycles. The lowest BCUT2D eigenvalue weighted by molar-refractivity contribution is -0.129. The number of nitrogens with one attached hydrogen (secondary N) is 2. The highest BCUT2D eigenvalue weighted by atomic mass is 16.6. The second kappa shape index (κ2) is 9.08. The van der Waals surface area contributed by atoms with E-state index in [1.165, 1.54) is 0 Å². The molecule has 1 saturated heterocycles. The molecule has 1 heterocycles. The Morgan fingerprint density at radius 2 is 2.17 bits per heavy atom. The summed E-state index contributed by atoms with van der Waals surface area (Å²) in [6.07, 6.45) is 0.979. The fraction of sp³-hybridized carbons (Fsp3) is 0.875. The maximum Gasteiger partial charge on any atom is 0.407 e. The van der Waals surface area contributed by atoms with Gasteiger partial charge in [-0.1, -0.05) is 6.92 Å². The third-order valence-corrected chi connectivity index (χ3v) is 3.67. The van der Waals surface area contributed by atoms with Gasteiger partial charge < -0.3 is 20.1 Å². The average molecular weight is 329 g/mol. The number of ether oxygens (including phenoxy) is 2. The van der Waals surface area contributed by atoms with Crippen LogP contribution in [-0.4, -0.2) is 67.9 Å². The van der Waals surface area contributed by atoms with E-state index in [9.17, 15) is 9.59 Å². The SMILES string of the molecule is CC[C@@H]1C(=O)NCCN1C[C@H](CCOC)NC(=O)OC(C)(C)C. The first-order chi connectivity index (χ1) is 10.8. The Labute approximate surface area is 139 Å². The zero-order chi connectivity index (χ0) is 17.5. The van der Waals surface area contributed by atoms with Crippen LogP contribution >= 0.6 is 0 Å². The number of carbonyl (C=O) groups excluding carboxylic acids is 2. The summed E-state index contributed by atoms with van der Waals surface area (Å²) in [6, 6.07) is -0.265. The fourth-order valence-electron chi connectivity index (χ4n) is 2.65. The first kappa shape index (κ1) is 19.7. The van der Waals surface area contributed by atoms with Crippen molar-refractivity contribution in [1.82, 2.24) is 15.5 Å². The third-order valence-electron chi connectivity index (χ3n) is 3.67. The number of amides is 2. The van der Waals surface area contributed by atoms with Crippen molar-refractivity contribution in [2.24, 2.45) is 0 Å². The van der Waals surface area contributed by atoms with E-state index in [0.29, 0.717) is 26.1 Å². The van der Waals surface area contributed by atoms with Gasteiger partial charge in [-0.05, 0) is 33.6 Å². The lowest BCUT2D eigenvalue weighted by Crippen LogP contribution is -2.58. The van der Waals surface area contributed by atoms with E-state index in [1.54, 1.807) is 7.11 Å². The van der Waals surface area contributed by atoms with Gasteiger partial charge in [0.15, 0.2) is 0 Å². The predicted molar refractivity (Wildman–Crippen MR) is 88.3 cm³/mol. The maximum absolute atomic E-state index is 12.0. The standard InChI is InChI=1S/C16H31N3O4/c1-6-13-14(20)17-8-9-19(13)11-12(7-10-22-5)18-15(21)23-16(2,3)4/h12-13H,6-11H2,1-5H3,(H,17,20)(H,18,21)/t12-,13+/m0/s1. The van der Waals surface area contributed by atoms with Crippen molar-refractivity contribution in [3.8, 4) is 0 Å². The van der Waals surface area contributed by atoms with Crippen molar-refractivity contribution in [1.29, 1.82) is 0 Å². The molecule has 0 spiro atoms. The molecule has 1 fully saturated rings. The summed E-state index contributed by atoms with van der Waals surface area (Å²) in [5.41, 5.74) is -0.535. The van der Waals surface area contributed by atoms with Crippen molar-refractivity contribution in [3.63, 3.8) is 0 Å². The molecule has 0 aromatic rings. The van der Waals surface area contributed by atoms with Crippen LogP contribution in [0.3, 0.4) is 0 Å². The highest BCUT2D eigenvalue weighted by molar-refractivity contribution is 5.82. The lowest BCUT2D eigenvalue weighted by atomic mass is 10.1. The van der Waals surface area contributed by atoms with E-state index in [-0.39, 0.29) is 18.0 Å². The molecule has 7 heteroatoms. The summed E-state index contributed by atoms with van der Waals surface area (Å²) in [6.45, 7) is 10.1. The van der Waals surface area contributed by atoms with Crippen molar-refractivity contribution >= 4 is 12.0 Å². The Morgan fingerprint density at radius 3 is 2.74 bits per heavy atom. The second-order valence-electron chi connectivity index (χ2n) is 6.83. The van der Waals surface area contributed by atoms with Gasteiger partial charge >= 0.3 is 6.09 Å². The van der Waals surface area contributed by atoms with Gasteiger partial charge in [-0.3, -0.25) is 9.69 Å². The Bertz CT molecular complexity index is 395. The van der Waals surface area contributed by atoms with Gasteiger partial charge in [-0.15, -0.1) is 0 Å². The van der Waals surface area contributed by atoms with E-state index in [1.807, 2.05) is 27.7 Å². The van der Waals surface area contributed by atoms with Crippen LogP contribution in [0.25, 0.3) is 0 Å². The molecule has 134 valence electrons. The monoisotopic (exact) mass is 329 g/mol. The van der Waals surface area contributed by atoms with Crippen molar-refractivity contribution in [2.75, 3.05) is 33.4 Å². The van der Waals surface area contributed by atoms with E-state index < -0.39 is 11.7 Å². The largest absolute Gasteiger partial charge is 0.444 e. The number of carbonyl (C=O) groups is 2. The molecule has 0 aliphatic carbocycles. The van der Waals surface area contributed by atoms with Crippen LogP contribution in [0.1, 0.15) is 40.5 Å². The molecular formula is C16H31N3O4. The number of nitrogens with zero attached hydrogens (tertiary/aromatic N) is 1. The van der Waals surface area contributed by atoms with Gasteiger partial charge in [0.05, 0.1) is 6.04 Å². The number of rotatable bonds is 7. The molecule has 0 aromatic heterocycles. The summed E-state index contributed by atoms with van der Waals surface area (Å²) < 4.78 is 10.5. The third kappa shape index (κ3) is 7.18. The highest BCUT2D eigenvalue weighted by Crippen LogP contribution is 2.12. The summed E-state index contributed by atoms with van der Waals surface area (Å²) in [4.78, 5) is 26.1. The number of methoxy groups -OCH3 is 1. The summed E-state index contributed by atoms with van der Waals surface area (Å²) in [7, 11) is 1.63. The van der Waals surface area contributed by atoms with Gasteiger partial charge in [0, 0.05) is 39.4 Å². The number of hydrogen-bond donors (Lipinski definition) is 2. The smallest absolute Gasteiger partial charge is 0.407 e. The summed E-state index contributed by atoms with van der Waals surface area (Å²) in [5.74, 6) is 0.0570. The quantitative estimate of drug-likeness (QED) is 0.732. The molecule has 1 rings (SSSR count). The van der Waals surface area contributed by atoms with Crippen LogP contribution in [0.4, 0.5) is 4.79 Å². The van der Waals surface area contributed by atoms with Crippen LogP contribution in [0.15, 0.2) is 0 Å². The van der Waals surface area contributed by atoms with Crippen LogP contribution in [0.2, 0.25) is 0 Å². The van der Waals surface area contributed by atoms with Crippen molar-refractivity contribution < 1.29 is 19.1 Å².